The summed E-state index contributed by atoms with van der Waals surface area (Å²) in [4.78, 5) is 25.1. The lowest BCUT2D eigenvalue weighted by Crippen LogP contribution is -2.15. The number of para-hydroxylation sites is 1. The van der Waals surface area contributed by atoms with Crippen LogP contribution in [0.4, 0.5) is 37.7 Å². The molecule has 0 aliphatic rings. The third-order valence-corrected chi connectivity index (χ3v) is 4.55. The van der Waals surface area contributed by atoms with E-state index in [1.165, 1.54) is 18.2 Å². The average Bonchev–Trinajstić information content (AvgIpc) is 2.73. The third kappa shape index (κ3) is 4.90. The zero-order valence-electron chi connectivity index (χ0n) is 16.0. The molecule has 0 fully saturated rings. The lowest BCUT2D eigenvalue weighted by Gasteiger charge is -2.13. The summed E-state index contributed by atoms with van der Waals surface area (Å²) in [6.45, 7) is 0. The predicted molar refractivity (Wildman–Crippen MR) is 105 cm³/mol. The molecule has 10 heteroatoms. The number of carbonyl (C=O) groups excluding carboxylic acids is 2. The van der Waals surface area contributed by atoms with Crippen LogP contribution in [0.2, 0.25) is 0 Å². The molecule has 1 amide bonds. The summed E-state index contributed by atoms with van der Waals surface area (Å²) in [5, 5.41) is 2.41. The summed E-state index contributed by atoms with van der Waals surface area (Å²) in [5.74, 6) is -1.42. The fourth-order valence-corrected chi connectivity index (χ4v) is 2.84. The Hall–Kier alpha value is -3.82. The van der Waals surface area contributed by atoms with Gasteiger partial charge in [0.15, 0.2) is 5.78 Å². The first-order valence-corrected chi connectivity index (χ1v) is 8.97. The van der Waals surface area contributed by atoms with Gasteiger partial charge in [-0.2, -0.15) is 26.3 Å². The molecule has 0 aromatic heterocycles. The van der Waals surface area contributed by atoms with E-state index in [1.807, 2.05) is 0 Å². The first kappa shape index (κ1) is 22.9. The van der Waals surface area contributed by atoms with Crippen LogP contribution in [0, 0.1) is 0 Å². The second-order valence-corrected chi connectivity index (χ2v) is 6.70. The standard InChI is InChI=1S/C22H14F6N2O2/c23-21(24,25)14-8-4-12(5-9-14)19(31)16-2-1-3-17(18(16)29)30-20(32)13-6-10-15(11-7-13)22(26,27)28/h1-11H,29H2,(H,30,32). The quantitative estimate of drug-likeness (QED) is 0.299. The molecule has 0 heterocycles. The van der Waals surface area contributed by atoms with Gasteiger partial charge in [-0.3, -0.25) is 9.59 Å². The van der Waals surface area contributed by atoms with Gasteiger partial charge in [0.1, 0.15) is 0 Å². The minimum Gasteiger partial charge on any atom is -0.396 e. The number of halogens is 6. The van der Waals surface area contributed by atoms with E-state index in [4.69, 9.17) is 5.73 Å². The van der Waals surface area contributed by atoms with Crippen molar-refractivity contribution in [2.24, 2.45) is 0 Å². The lowest BCUT2D eigenvalue weighted by atomic mass is 9.99. The molecule has 166 valence electrons. The number of rotatable bonds is 4. The van der Waals surface area contributed by atoms with E-state index in [0.29, 0.717) is 0 Å². The van der Waals surface area contributed by atoms with Gasteiger partial charge in [0.2, 0.25) is 0 Å². The number of hydrogen-bond acceptors (Lipinski definition) is 3. The second kappa shape index (κ2) is 8.37. The van der Waals surface area contributed by atoms with Crippen LogP contribution in [-0.4, -0.2) is 11.7 Å². The number of nitrogens with one attached hydrogen (secondary N) is 1. The van der Waals surface area contributed by atoms with Crippen LogP contribution in [0.3, 0.4) is 0 Å². The van der Waals surface area contributed by atoms with Gasteiger partial charge in [-0.1, -0.05) is 18.2 Å². The Bertz CT molecular complexity index is 1150. The fraction of sp³-hybridized carbons (Fsp3) is 0.0909. The van der Waals surface area contributed by atoms with E-state index >= 15 is 0 Å². The first-order chi connectivity index (χ1) is 14.9. The van der Waals surface area contributed by atoms with Crippen molar-refractivity contribution in [3.63, 3.8) is 0 Å². The Morgan fingerprint density at radius 3 is 1.62 bits per heavy atom. The highest BCUT2D eigenvalue weighted by molar-refractivity contribution is 6.15. The number of alkyl halides is 6. The van der Waals surface area contributed by atoms with E-state index in [0.717, 1.165) is 48.5 Å². The highest BCUT2D eigenvalue weighted by atomic mass is 19.4. The molecular formula is C22H14F6N2O2. The Morgan fingerprint density at radius 1 is 0.688 bits per heavy atom. The minimum absolute atomic E-state index is 0.0210. The van der Waals surface area contributed by atoms with Gasteiger partial charge in [-0.05, 0) is 48.5 Å². The highest BCUT2D eigenvalue weighted by Crippen LogP contribution is 2.31. The van der Waals surface area contributed by atoms with Crippen LogP contribution in [0.15, 0.2) is 66.7 Å². The zero-order chi connectivity index (χ0) is 23.7. The Labute approximate surface area is 177 Å². The molecule has 3 rings (SSSR count). The molecule has 3 aromatic carbocycles. The summed E-state index contributed by atoms with van der Waals surface area (Å²) in [6, 6.07) is 11.2. The van der Waals surface area contributed by atoms with Crippen LogP contribution < -0.4 is 11.1 Å². The molecule has 3 N–H and O–H groups in total. The molecule has 0 saturated heterocycles. The molecule has 0 saturated carbocycles. The van der Waals surface area contributed by atoms with Crippen molar-refractivity contribution < 1.29 is 35.9 Å². The summed E-state index contributed by atoms with van der Waals surface area (Å²) in [6.07, 6.45) is -9.10. The van der Waals surface area contributed by atoms with Crippen LogP contribution in [0.1, 0.15) is 37.4 Å². The molecule has 0 aliphatic carbocycles. The molecule has 0 radical (unpaired) electrons. The van der Waals surface area contributed by atoms with Crippen LogP contribution in [0.25, 0.3) is 0 Å². The second-order valence-electron chi connectivity index (χ2n) is 6.70. The lowest BCUT2D eigenvalue weighted by molar-refractivity contribution is -0.138. The summed E-state index contributed by atoms with van der Waals surface area (Å²) in [7, 11) is 0. The number of ketones is 1. The zero-order valence-corrected chi connectivity index (χ0v) is 16.0. The van der Waals surface area contributed by atoms with E-state index in [1.54, 1.807) is 0 Å². The Kier molecular flexibility index (Phi) is 5.98. The van der Waals surface area contributed by atoms with E-state index in [-0.39, 0.29) is 28.1 Å². The molecule has 0 spiro atoms. The maximum absolute atomic E-state index is 12.7. The van der Waals surface area contributed by atoms with Crippen LogP contribution in [-0.2, 0) is 12.4 Å². The largest absolute Gasteiger partial charge is 0.416 e. The van der Waals surface area contributed by atoms with Crippen molar-refractivity contribution in [3.05, 3.63) is 94.5 Å². The van der Waals surface area contributed by atoms with Gasteiger partial charge < -0.3 is 11.1 Å². The number of anilines is 2. The van der Waals surface area contributed by atoms with Gasteiger partial charge in [0.05, 0.1) is 22.5 Å². The molecule has 0 atom stereocenters. The molecular weight excluding hydrogens is 438 g/mol. The summed E-state index contributed by atoms with van der Waals surface area (Å²) >= 11 is 0. The van der Waals surface area contributed by atoms with Gasteiger partial charge in [0.25, 0.3) is 5.91 Å². The number of nitrogen functional groups attached to an aromatic ring is 1. The molecule has 3 aromatic rings. The SMILES string of the molecule is Nc1c(NC(=O)c2ccc(C(F)(F)F)cc2)cccc1C(=O)c1ccc(C(F)(F)F)cc1. The van der Waals surface area contributed by atoms with Gasteiger partial charge in [0, 0.05) is 16.7 Å². The first-order valence-electron chi connectivity index (χ1n) is 8.97. The predicted octanol–water partition coefficient (Wildman–Crippen LogP) is 5.79. The Morgan fingerprint density at radius 2 is 1.16 bits per heavy atom. The fourth-order valence-electron chi connectivity index (χ4n) is 2.84. The van der Waals surface area contributed by atoms with Gasteiger partial charge >= 0.3 is 12.4 Å². The maximum Gasteiger partial charge on any atom is 0.416 e. The normalized spacial score (nSPS) is 11.8. The van der Waals surface area contributed by atoms with Crippen LogP contribution in [0.5, 0.6) is 0 Å². The number of nitrogens with two attached hydrogens (primary N) is 1. The highest BCUT2D eigenvalue weighted by Gasteiger charge is 2.31. The van der Waals surface area contributed by atoms with Crippen molar-refractivity contribution in [1.29, 1.82) is 0 Å². The van der Waals surface area contributed by atoms with Crippen LogP contribution >= 0.6 is 0 Å². The topological polar surface area (TPSA) is 72.2 Å². The van der Waals surface area contributed by atoms with Crippen molar-refractivity contribution >= 4 is 23.1 Å². The number of benzene rings is 3. The number of amides is 1. The smallest absolute Gasteiger partial charge is 0.396 e. The van der Waals surface area contributed by atoms with E-state index in [2.05, 4.69) is 5.32 Å². The van der Waals surface area contributed by atoms with Crippen molar-refractivity contribution in [2.75, 3.05) is 11.1 Å². The third-order valence-electron chi connectivity index (χ3n) is 4.55. The maximum atomic E-state index is 12.7. The molecule has 4 nitrogen and oxygen atoms in total. The van der Waals surface area contributed by atoms with Crippen molar-refractivity contribution in [1.82, 2.24) is 0 Å². The van der Waals surface area contributed by atoms with Gasteiger partial charge in [-0.25, -0.2) is 0 Å². The van der Waals surface area contributed by atoms with Crippen molar-refractivity contribution in [3.8, 4) is 0 Å². The molecule has 32 heavy (non-hydrogen) atoms. The monoisotopic (exact) mass is 452 g/mol. The summed E-state index contributed by atoms with van der Waals surface area (Å²) < 4.78 is 76.1. The van der Waals surface area contributed by atoms with Gasteiger partial charge in [-0.15, -0.1) is 0 Å². The average molecular weight is 452 g/mol. The molecule has 0 unspecified atom stereocenters. The minimum atomic E-state index is -4.55. The molecule has 0 bridgehead atoms. The molecule has 0 aliphatic heterocycles. The Balaban J connectivity index is 1.82. The summed E-state index contributed by atoms with van der Waals surface area (Å²) in [5.41, 5.74) is 3.83. The van der Waals surface area contributed by atoms with Crippen molar-refractivity contribution in [2.45, 2.75) is 12.4 Å². The number of carbonyl (C=O) groups is 2. The van der Waals surface area contributed by atoms with E-state index in [9.17, 15) is 35.9 Å². The van der Waals surface area contributed by atoms with E-state index < -0.39 is 35.2 Å². The number of hydrogen-bond donors (Lipinski definition) is 2.